The van der Waals surface area contributed by atoms with Crippen LogP contribution in [0.2, 0.25) is 0 Å². The first kappa shape index (κ1) is 13.6. The summed E-state index contributed by atoms with van der Waals surface area (Å²) >= 11 is 3.90. The zero-order valence-electron chi connectivity index (χ0n) is 7.85. The summed E-state index contributed by atoms with van der Waals surface area (Å²) in [7, 11) is 0. The number of carbonyl (C=O) groups is 1. The Kier molecular flexibility index (Phi) is 5.36. The van der Waals surface area contributed by atoms with Crippen LogP contribution in [0.1, 0.15) is 17.3 Å². The summed E-state index contributed by atoms with van der Waals surface area (Å²) in [4.78, 5) is 21.0. The molecule has 0 spiro atoms. The van der Waals surface area contributed by atoms with Crippen molar-refractivity contribution in [2.24, 2.45) is 0 Å². The van der Waals surface area contributed by atoms with E-state index in [2.05, 4.69) is 12.6 Å². The van der Waals surface area contributed by atoms with E-state index in [1.165, 1.54) is 25.1 Å². The maximum atomic E-state index is 10.9. The predicted octanol–water partition coefficient (Wildman–Crippen LogP) is 1.71. The number of ketones is 1. The predicted molar refractivity (Wildman–Crippen MR) is 56.1 cm³/mol. The molecule has 1 rings (SSSR count). The third kappa shape index (κ3) is 3.09. The molecule has 0 bridgehead atoms. The first-order chi connectivity index (χ1) is 6.02. The number of nitrogens with zero attached hydrogens (tertiary/aromatic N) is 1. The van der Waals surface area contributed by atoms with Crippen LogP contribution in [0.15, 0.2) is 23.1 Å². The monoisotopic (exact) mass is 220 g/mol. The molecule has 4 nitrogen and oxygen atoms in total. The minimum atomic E-state index is -0.561. The molecule has 1 aromatic rings. The second kappa shape index (κ2) is 5.50. The van der Waals surface area contributed by atoms with Crippen molar-refractivity contribution in [3.8, 4) is 0 Å². The van der Waals surface area contributed by atoms with Crippen molar-refractivity contribution in [3.05, 3.63) is 33.9 Å². The van der Waals surface area contributed by atoms with Crippen molar-refractivity contribution >= 4 is 53.7 Å². The van der Waals surface area contributed by atoms with Gasteiger partial charge in [0.1, 0.15) is 0 Å². The van der Waals surface area contributed by atoms with Crippen LogP contribution in [0.4, 0.5) is 5.69 Å². The average Bonchev–Trinajstić information content (AvgIpc) is 2.04. The molecule has 69 valence electrons. The Bertz CT molecular complexity index is 381. The number of thiol groups is 1. The van der Waals surface area contributed by atoms with Crippen LogP contribution in [0.5, 0.6) is 0 Å². The van der Waals surface area contributed by atoms with Crippen LogP contribution in [0.3, 0.4) is 0 Å². The van der Waals surface area contributed by atoms with Gasteiger partial charge in [-0.05, 0) is 19.1 Å². The molecule has 0 N–H and O–H groups in total. The summed E-state index contributed by atoms with van der Waals surface area (Å²) in [5.41, 5.74) is 0.181. The second-order valence-corrected chi connectivity index (χ2v) is 3.00. The van der Waals surface area contributed by atoms with E-state index in [1.54, 1.807) is 0 Å². The van der Waals surface area contributed by atoms with Gasteiger partial charge in [-0.2, -0.15) is 0 Å². The molecule has 0 fully saturated rings. The van der Waals surface area contributed by atoms with Gasteiger partial charge in [-0.15, -0.1) is 12.6 Å². The Morgan fingerprint density at radius 2 is 2.07 bits per heavy atom. The minimum absolute atomic E-state index is 0. The van der Waals surface area contributed by atoms with Crippen LogP contribution in [0.25, 0.3) is 0 Å². The van der Waals surface area contributed by atoms with E-state index in [1.807, 2.05) is 0 Å². The van der Waals surface area contributed by atoms with Crippen LogP contribution in [-0.4, -0.2) is 40.3 Å². The SMILES string of the molecule is CC(=O)c1ccc(S)c([N+](=O)[O-])c1.[Na]. The molecule has 1 radical (unpaired) electrons. The summed E-state index contributed by atoms with van der Waals surface area (Å²) in [5.74, 6) is -0.198. The number of nitro groups is 1. The number of hydrogen-bond acceptors (Lipinski definition) is 4. The summed E-state index contributed by atoms with van der Waals surface area (Å²) in [6.07, 6.45) is 0. The van der Waals surface area contributed by atoms with Crippen molar-refractivity contribution in [3.63, 3.8) is 0 Å². The van der Waals surface area contributed by atoms with Crippen molar-refractivity contribution in [1.29, 1.82) is 0 Å². The first-order valence-corrected chi connectivity index (χ1v) is 3.95. The van der Waals surface area contributed by atoms with Gasteiger partial charge < -0.3 is 0 Å². The largest absolute Gasteiger partial charge is 0.295 e. The van der Waals surface area contributed by atoms with E-state index >= 15 is 0 Å². The number of Topliss-reactive ketones (excluding diaryl/α,β-unsaturated/α-hetero) is 1. The van der Waals surface area contributed by atoms with Gasteiger partial charge in [-0.3, -0.25) is 14.9 Å². The summed E-state index contributed by atoms with van der Waals surface area (Å²) in [6, 6.07) is 4.18. The Balaban J connectivity index is 0.00000169. The fraction of sp³-hybridized carbons (Fsp3) is 0.125. The Morgan fingerprint density at radius 1 is 1.50 bits per heavy atom. The average molecular weight is 220 g/mol. The van der Waals surface area contributed by atoms with Gasteiger partial charge in [0.2, 0.25) is 0 Å². The summed E-state index contributed by atoms with van der Waals surface area (Å²) in [5, 5.41) is 10.4. The van der Waals surface area contributed by atoms with E-state index < -0.39 is 4.92 Å². The van der Waals surface area contributed by atoms with Gasteiger partial charge in [-0.25, -0.2) is 0 Å². The topological polar surface area (TPSA) is 60.2 Å². The molecule has 0 saturated heterocycles. The summed E-state index contributed by atoms with van der Waals surface area (Å²) in [6.45, 7) is 1.36. The maximum Gasteiger partial charge on any atom is 0.283 e. The molecular formula is C8H7NNaO3S. The fourth-order valence-corrected chi connectivity index (χ4v) is 1.11. The van der Waals surface area contributed by atoms with E-state index in [9.17, 15) is 14.9 Å². The number of rotatable bonds is 2. The number of nitro benzene ring substituents is 1. The van der Waals surface area contributed by atoms with E-state index in [4.69, 9.17) is 0 Å². The molecule has 6 heteroatoms. The molecule has 0 aliphatic rings. The molecule has 0 heterocycles. The number of carbonyl (C=O) groups excluding carboxylic acids is 1. The molecule has 0 amide bonds. The normalized spacial score (nSPS) is 9.00. The molecule has 0 unspecified atom stereocenters. The quantitative estimate of drug-likeness (QED) is 0.271. The number of hydrogen-bond donors (Lipinski definition) is 1. The molecular weight excluding hydrogens is 213 g/mol. The van der Waals surface area contributed by atoms with Crippen molar-refractivity contribution in [1.82, 2.24) is 0 Å². The zero-order chi connectivity index (χ0) is 10.0. The van der Waals surface area contributed by atoms with Gasteiger partial charge in [0.05, 0.1) is 9.82 Å². The van der Waals surface area contributed by atoms with Crippen molar-refractivity contribution < 1.29 is 9.72 Å². The van der Waals surface area contributed by atoms with Gasteiger partial charge in [0.15, 0.2) is 5.78 Å². The van der Waals surface area contributed by atoms with Crippen LogP contribution >= 0.6 is 12.6 Å². The smallest absolute Gasteiger partial charge is 0.283 e. The van der Waals surface area contributed by atoms with Crippen molar-refractivity contribution in [2.45, 2.75) is 11.8 Å². The Hall–Kier alpha value is -0.360. The molecule has 14 heavy (non-hydrogen) atoms. The van der Waals surface area contributed by atoms with E-state index in [-0.39, 0.29) is 45.9 Å². The van der Waals surface area contributed by atoms with Gasteiger partial charge >= 0.3 is 0 Å². The fourth-order valence-electron chi connectivity index (χ4n) is 0.889. The van der Waals surface area contributed by atoms with Gasteiger partial charge in [0, 0.05) is 41.2 Å². The third-order valence-electron chi connectivity index (χ3n) is 1.58. The molecule has 0 aliphatic heterocycles. The van der Waals surface area contributed by atoms with Crippen LogP contribution in [0, 0.1) is 10.1 Å². The van der Waals surface area contributed by atoms with Crippen LogP contribution < -0.4 is 0 Å². The van der Waals surface area contributed by atoms with Crippen LogP contribution in [-0.2, 0) is 0 Å². The molecule has 0 aromatic heterocycles. The maximum absolute atomic E-state index is 10.9. The first-order valence-electron chi connectivity index (χ1n) is 3.50. The Morgan fingerprint density at radius 3 is 2.50 bits per heavy atom. The molecule has 0 atom stereocenters. The van der Waals surface area contributed by atoms with Gasteiger partial charge in [-0.1, -0.05) is 0 Å². The number of benzene rings is 1. The molecule has 0 aliphatic carbocycles. The van der Waals surface area contributed by atoms with Crippen molar-refractivity contribution in [2.75, 3.05) is 0 Å². The van der Waals surface area contributed by atoms with Gasteiger partial charge in [0.25, 0.3) is 5.69 Å². The minimum Gasteiger partial charge on any atom is -0.295 e. The van der Waals surface area contributed by atoms with E-state index in [0.717, 1.165) is 0 Å². The Labute approximate surface area is 109 Å². The van der Waals surface area contributed by atoms with E-state index in [0.29, 0.717) is 5.56 Å². The molecule has 1 aromatic carbocycles. The summed E-state index contributed by atoms with van der Waals surface area (Å²) < 4.78 is 0. The third-order valence-corrected chi connectivity index (χ3v) is 1.96. The zero-order valence-corrected chi connectivity index (χ0v) is 10.7. The molecule has 0 saturated carbocycles. The second-order valence-electron chi connectivity index (χ2n) is 2.52. The standard InChI is InChI=1S/C8H7NO3S.Na/c1-5(10)6-2-3-8(13)7(4-6)9(11)12;/h2-4,13H,1H3;.